The molecule has 13 nitrogen and oxygen atoms in total. The molecule has 1 unspecified atom stereocenters. The summed E-state index contributed by atoms with van der Waals surface area (Å²) in [4.78, 5) is 36.0. The summed E-state index contributed by atoms with van der Waals surface area (Å²) in [5, 5.41) is 33.9. The number of phosphoric acid groups is 1. The molecule has 0 aliphatic heterocycles. The number of carboxylic acids is 1. The van der Waals surface area contributed by atoms with Gasteiger partial charge in [0.15, 0.2) is 0 Å². The van der Waals surface area contributed by atoms with Crippen molar-refractivity contribution in [2.24, 2.45) is 0 Å². The first-order valence-electron chi connectivity index (χ1n) is 15.4. The van der Waals surface area contributed by atoms with Gasteiger partial charge >= 0.3 is 27.8 Å². The number of rotatable bonds is 15. The molecule has 1 aromatic heterocycles. The Labute approximate surface area is 297 Å². The van der Waals surface area contributed by atoms with Crippen molar-refractivity contribution in [2.45, 2.75) is 33.2 Å². The Bertz CT molecular complexity index is 2150. The van der Waals surface area contributed by atoms with E-state index in [1.54, 1.807) is 56.3 Å². The summed E-state index contributed by atoms with van der Waals surface area (Å²) in [5.41, 5.74) is 3.23. The second kappa shape index (κ2) is 16.5. The summed E-state index contributed by atoms with van der Waals surface area (Å²) < 4.78 is 34.5. The fourth-order valence-corrected chi connectivity index (χ4v) is 6.55. The van der Waals surface area contributed by atoms with E-state index < -0.39 is 19.8 Å². The minimum absolute atomic E-state index is 0.0134. The van der Waals surface area contributed by atoms with Crippen molar-refractivity contribution in [3.8, 4) is 11.5 Å². The second-order valence-corrected chi connectivity index (χ2v) is 13.5. The van der Waals surface area contributed by atoms with Crippen LogP contribution < -0.4 is 14.6 Å². The van der Waals surface area contributed by atoms with E-state index in [-0.39, 0.29) is 28.4 Å². The number of carbonyl (C=O) groups excluding carboxylic acids is 1. The molecular weight excluding hydrogens is 700 g/mol. The van der Waals surface area contributed by atoms with Gasteiger partial charge in [0.2, 0.25) is 11.0 Å². The SMILES string of the molecule is [B]OP(=O)(O)O/C(=C\c1ccc(O)cc1)c1ccc2c(C(=O)Oc3c(C)cc(C(=O)O)cc3C)c3ccccc3[n+](CCCCSOO[O-])c2c1. The van der Waals surface area contributed by atoms with Gasteiger partial charge in [-0.25, -0.2) is 14.2 Å². The van der Waals surface area contributed by atoms with Crippen LogP contribution in [0.15, 0.2) is 78.9 Å². The van der Waals surface area contributed by atoms with Crippen LogP contribution in [0.4, 0.5) is 0 Å². The van der Waals surface area contributed by atoms with Gasteiger partial charge < -0.3 is 29.2 Å². The van der Waals surface area contributed by atoms with Crippen LogP contribution in [-0.4, -0.2) is 40.8 Å². The van der Waals surface area contributed by atoms with Crippen molar-refractivity contribution in [1.82, 2.24) is 0 Å². The highest BCUT2D eigenvalue weighted by Crippen LogP contribution is 2.47. The number of aromatic carboxylic acids is 1. The summed E-state index contributed by atoms with van der Waals surface area (Å²) in [6, 6.07) is 21.0. The van der Waals surface area contributed by atoms with Crippen LogP contribution in [0.25, 0.3) is 33.6 Å². The van der Waals surface area contributed by atoms with Crippen LogP contribution in [0, 0.1) is 13.8 Å². The number of aromatic hydroxyl groups is 1. The second-order valence-electron chi connectivity index (χ2n) is 11.3. The summed E-state index contributed by atoms with van der Waals surface area (Å²) >= 11 is 0.873. The van der Waals surface area contributed by atoms with Crippen molar-refractivity contribution >= 4 is 73.5 Å². The molecule has 0 saturated heterocycles. The normalized spacial score (nSPS) is 12.9. The van der Waals surface area contributed by atoms with Crippen LogP contribution in [0.5, 0.6) is 11.5 Å². The van der Waals surface area contributed by atoms with Gasteiger partial charge in [-0.1, -0.05) is 30.3 Å². The van der Waals surface area contributed by atoms with E-state index in [4.69, 9.17) is 17.3 Å². The van der Waals surface area contributed by atoms with E-state index >= 15 is 0 Å². The smallest absolute Gasteiger partial charge is 0.511 e. The number of hydrogen-bond donors (Lipinski definition) is 3. The number of carboxylic acid groups (broad SMARTS) is 1. The lowest BCUT2D eigenvalue weighted by Crippen LogP contribution is -2.37. The average Bonchev–Trinajstić information content (AvgIpc) is 3.11. The van der Waals surface area contributed by atoms with Crippen molar-refractivity contribution in [3.05, 3.63) is 112 Å². The predicted molar refractivity (Wildman–Crippen MR) is 187 cm³/mol. The zero-order valence-corrected chi connectivity index (χ0v) is 29.0. The lowest BCUT2D eigenvalue weighted by Gasteiger charge is -2.17. The van der Waals surface area contributed by atoms with E-state index in [0.717, 1.165) is 12.0 Å². The Balaban J connectivity index is 1.70. The Morgan fingerprint density at radius 3 is 2.29 bits per heavy atom. The van der Waals surface area contributed by atoms with Gasteiger partial charge in [0.1, 0.15) is 23.8 Å². The number of para-hydroxylation sites is 1. The summed E-state index contributed by atoms with van der Waals surface area (Å²) in [5.74, 6) is -1.19. The molecule has 0 saturated carbocycles. The third-order valence-corrected chi connectivity index (χ3v) is 9.19. The van der Waals surface area contributed by atoms with Gasteiger partial charge in [-0.05, 0) is 79.4 Å². The van der Waals surface area contributed by atoms with Crippen molar-refractivity contribution < 1.29 is 62.2 Å². The first-order valence-corrected chi connectivity index (χ1v) is 17.8. The molecule has 51 heavy (non-hydrogen) atoms. The molecule has 5 rings (SSSR count). The molecule has 4 aromatic carbocycles. The lowest BCUT2D eigenvalue weighted by molar-refractivity contribution is -0.777. The molecule has 0 bridgehead atoms. The Morgan fingerprint density at radius 2 is 1.63 bits per heavy atom. The number of fused-ring (bicyclic) bond motifs is 2. The first-order chi connectivity index (χ1) is 24.4. The number of hydrogen-bond acceptors (Lipinski definition) is 11. The van der Waals surface area contributed by atoms with E-state index in [1.807, 2.05) is 16.7 Å². The van der Waals surface area contributed by atoms with Gasteiger partial charge in [-0.15, -0.1) is 0 Å². The van der Waals surface area contributed by atoms with Gasteiger partial charge in [0.05, 0.1) is 21.9 Å². The molecule has 3 N–H and O–H groups in total. The Kier molecular flexibility index (Phi) is 12.2. The maximum atomic E-state index is 14.2. The van der Waals surface area contributed by atoms with E-state index in [1.165, 1.54) is 30.3 Å². The third kappa shape index (κ3) is 8.96. The van der Waals surface area contributed by atoms with Crippen molar-refractivity contribution in [2.75, 3.05) is 5.75 Å². The topological polar surface area (TPSA) is 185 Å². The fraction of sp³-hybridized carbons (Fsp3) is 0.171. The predicted octanol–water partition coefficient (Wildman–Crippen LogP) is 5.89. The van der Waals surface area contributed by atoms with Crippen LogP contribution in [-0.2, 0) is 29.4 Å². The lowest BCUT2D eigenvalue weighted by atomic mass is 9.99. The maximum absolute atomic E-state index is 14.2. The molecule has 1 heterocycles. The molecule has 0 spiro atoms. The number of nitrogens with zero attached hydrogens (tertiary/aromatic N) is 1. The van der Waals surface area contributed by atoms with Crippen molar-refractivity contribution in [1.29, 1.82) is 0 Å². The maximum Gasteiger partial charge on any atom is 0.511 e. The molecule has 1 atom stereocenters. The molecule has 5 aromatic rings. The number of phosphoric ester groups is 1. The highest BCUT2D eigenvalue weighted by Gasteiger charge is 2.29. The van der Waals surface area contributed by atoms with E-state index in [9.17, 15) is 34.5 Å². The largest absolute Gasteiger partial charge is 0.691 e. The summed E-state index contributed by atoms with van der Waals surface area (Å²) in [6.45, 7) is 3.75. The minimum atomic E-state index is -4.77. The quantitative estimate of drug-likeness (QED) is 0.00943. The van der Waals surface area contributed by atoms with E-state index in [0.29, 0.717) is 69.2 Å². The number of ether oxygens (including phenoxy) is 1. The number of carbonyl (C=O) groups is 2. The van der Waals surface area contributed by atoms with Gasteiger partial charge in [0, 0.05) is 41.9 Å². The van der Waals surface area contributed by atoms with Crippen LogP contribution in [0.3, 0.4) is 0 Å². The molecule has 0 fully saturated rings. The average molecular weight is 731 g/mol. The number of phenols is 1. The number of benzene rings is 4. The summed E-state index contributed by atoms with van der Waals surface area (Å²) in [7, 11) is 0.291. The summed E-state index contributed by atoms with van der Waals surface area (Å²) in [6.07, 6.45) is 2.70. The van der Waals surface area contributed by atoms with Gasteiger partial charge in [-0.2, -0.15) is 8.90 Å². The number of phenolic OH excluding ortho intramolecular Hbond substituents is 1. The Morgan fingerprint density at radius 1 is 0.941 bits per heavy atom. The standard InChI is InChI=1S/C35H31BNO12PS/c1-21-17-25(34(39)40)18-22(2)33(21)45-35(41)32-27-7-3-4-8-29(27)37(15-5-6-16-51-49-48-42)30-20-24(11-14-28(30)32)31(46-50(43,44)47-36)19-23-9-12-26(38)13-10-23/h3-4,7-14,17-20H,5-6,15-16H2,1-2H3,(H3,39,40,42,43,44). The third-order valence-electron chi connectivity index (χ3n) is 7.89. The van der Waals surface area contributed by atoms with Gasteiger partial charge in [0.25, 0.3) is 0 Å². The zero-order valence-electron chi connectivity index (χ0n) is 27.3. The minimum Gasteiger partial charge on any atom is -0.691 e. The van der Waals surface area contributed by atoms with Crippen LogP contribution in [0.1, 0.15) is 55.8 Å². The molecule has 262 valence electrons. The fourth-order valence-electron chi connectivity index (χ4n) is 5.67. The molecule has 0 amide bonds. The molecule has 0 aliphatic rings. The highest BCUT2D eigenvalue weighted by atomic mass is 32.2. The number of unbranched alkanes of at least 4 members (excludes halogenated alkanes) is 1. The first kappa shape index (κ1) is 37.5. The van der Waals surface area contributed by atoms with E-state index in [2.05, 4.69) is 13.8 Å². The zero-order chi connectivity index (χ0) is 36.7. The number of esters is 1. The van der Waals surface area contributed by atoms with Crippen molar-refractivity contribution in [3.63, 3.8) is 0 Å². The molecular formula is C35H31BNO12PS. The monoisotopic (exact) mass is 731 g/mol. The number of pyridine rings is 1. The molecule has 16 heteroatoms. The number of aryl methyl sites for hydroxylation is 3. The Hall–Kier alpha value is -4.73. The van der Waals surface area contributed by atoms with Crippen LogP contribution >= 0.6 is 19.9 Å². The van der Waals surface area contributed by atoms with Gasteiger partial charge in [-0.3, -0.25) is 9.93 Å². The van der Waals surface area contributed by atoms with Crippen LogP contribution in [0.2, 0.25) is 0 Å². The molecule has 2 radical (unpaired) electrons. The molecule has 0 aliphatic carbocycles. The highest BCUT2D eigenvalue weighted by molar-refractivity contribution is 7.94. The number of aromatic nitrogens is 1.